The summed E-state index contributed by atoms with van der Waals surface area (Å²) in [5.41, 5.74) is 2.11. The zero-order valence-electron chi connectivity index (χ0n) is 15.5. The Morgan fingerprint density at radius 3 is 1.97 bits per heavy atom. The second-order valence-corrected chi connectivity index (χ2v) is 8.44. The van der Waals surface area contributed by atoms with Gasteiger partial charge in [0.25, 0.3) is 0 Å². The zero-order valence-corrected chi connectivity index (χ0v) is 18.7. The van der Waals surface area contributed by atoms with Gasteiger partial charge in [-0.15, -0.1) is 0 Å². The predicted molar refractivity (Wildman–Crippen MR) is 120 cm³/mol. The van der Waals surface area contributed by atoms with Crippen LogP contribution in [0.15, 0.2) is 81.7 Å². The van der Waals surface area contributed by atoms with Crippen molar-refractivity contribution in [3.8, 4) is 5.75 Å². The largest absolute Gasteiger partial charge is 0.497 e. The van der Waals surface area contributed by atoms with Crippen LogP contribution in [0.4, 0.5) is 16.2 Å². The molecule has 1 N–H and O–H groups in total. The Kier molecular flexibility index (Phi) is 5.63. The molecular formula is C22H18Br2N2O3. The fourth-order valence-corrected chi connectivity index (χ4v) is 4.04. The molecule has 1 unspecified atom stereocenters. The van der Waals surface area contributed by atoms with Gasteiger partial charge in [0.2, 0.25) is 0 Å². The van der Waals surface area contributed by atoms with Crippen LogP contribution in [0.25, 0.3) is 0 Å². The van der Waals surface area contributed by atoms with Crippen LogP contribution in [0.1, 0.15) is 11.6 Å². The number of urea groups is 1. The van der Waals surface area contributed by atoms with Gasteiger partial charge >= 0.3 is 6.03 Å². The predicted octanol–water partition coefficient (Wildman–Crippen LogP) is 5.73. The topological polar surface area (TPSA) is 53.0 Å². The first kappa shape index (κ1) is 19.9. The molecule has 1 heterocycles. The molecule has 7 heteroatoms. The average Bonchev–Trinajstić information content (AvgIpc) is 2.99. The number of amides is 2. The van der Waals surface area contributed by atoms with E-state index in [0.29, 0.717) is 17.1 Å². The highest BCUT2D eigenvalue weighted by Crippen LogP contribution is 2.41. The number of methoxy groups -OCH3 is 1. The van der Waals surface area contributed by atoms with E-state index in [1.807, 2.05) is 60.7 Å². The van der Waals surface area contributed by atoms with Crippen molar-refractivity contribution in [1.82, 2.24) is 0 Å². The average molecular weight is 518 g/mol. The van der Waals surface area contributed by atoms with E-state index >= 15 is 0 Å². The highest BCUT2D eigenvalue weighted by Gasteiger charge is 2.47. The molecule has 1 aliphatic rings. The minimum atomic E-state index is -1.07. The van der Waals surface area contributed by atoms with Gasteiger partial charge in [-0.25, -0.2) is 4.79 Å². The molecule has 1 saturated heterocycles. The summed E-state index contributed by atoms with van der Waals surface area (Å²) in [6.45, 7) is 0. The third kappa shape index (κ3) is 3.77. The monoisotopic (exact) mass is 516 g/mol. The van der Waals surface area contributed by atoms with E-state index in [1.165, 1.54) is 4.90 Å². The van der Waals surface area contributed by atoms with E-state index < -0.39 is 12.3 Å². The molecule has 5 nitrogen and oxygen atoms in total. The number of carbonyl (C=O) groups excluding carboxylic acids is 1. The van der Waals surface area contributed by atoms with Gasteiger partial charge in [0.1, 0.15) is 11.8 Å². The second kappa shape index (κ2) is 8.18. The van der Waals surface area contributed by atoms with Crippen molar-refractivity contribution in [3.63, 3.8) is 0 Å². The first-order valence-corrected chi connectivity index (χ1v) is 10.5. The van der Waals surface area contributed by atoms with E-state index in [9.17, 15) is 9.90 Å². The van der Waals surface area contributed by atoms with Gasteiger partial charge in [0, 0.05) is 20.3 Å². The Labute approximate surface area is 185 Å². The smallest absolute Gasteiger partial charge is 0.331 e. The fraction of sp³-hybridized carbons (Fsp3) is 0.136. The van der Waals surface area contributed by atoms with Crippen molar-refractivity contribution >= 4 is 49.3 Å². The van der Waals surface area contributed by atoms with Crippen LogP contribution >= 0.6 is 31.9 Å². The van der Waals surface area contributed by atoms with Crippen molar-refractivity contribution in [2.24, 2.45) is 0 Å². The van der Waals surface area contributed by atoms with Crippen molar-refractivity contribution in [1.29, 1.82) is 0 Å². The maximum absolute atomic E-state index is 13.5. The maximum Gasteiger partial charge on any atom is 0.331 e. The number of benzene rings is 3. The zero-order chi connectivity index (χ0) is 20.5. The lowest BCUT2D eigenvalue weighted by Gasteiger charge is -2.25. The molecule has 29 heavy (non-hydrogen) atoms. The highest BCUT2D eigenvalue weighted by atomic mass is 79.9. The number of ether oxygens (including phenoxy) is 1. The molecule has 4 rings (SSSR count). The number of halogens is 2. The molecule has 2 atom stereocenters. The molecule has 2 amide bonds. The van der Waals surface area contributed by atoms with Crippen LogP contribution in [-0.2, 0) is 0 Å². The number of carbonyl (C=O) groups is 1. The van der Waals surface area contributed by atoms with E-state index in [1.54, 1.807) is 24.1 Å². The Morgan fingerprint density at radius 2 is 1.41 bits per heavy atom. The van der Waals surface area contributed by atoms with Crippen molar-refractivity contribution in [2.45, 2.75) is 12.3 Å². The van der Waals surface area contributed by atoms with Gasteiger partial charge < -0.3 is 9.84 Å². The lowest BCUT2D eigenvalue weighted by atomic mass is 10.0. The molecule has 0 aromatic heterocycles. The second-order valence-electron chi connectivity index (χ2n) is 6.61. The SMILES string of the molecule is COc1cccc([C@@H]2C(O)N(c3ccc(Br)cc3)C(=O)N2c2ccc(Br)cc2)c1. The molecule has 3 aromatic carbocycles. The van der Waals surface area contributed by atoms with Gasteiger partial charge in [-0.3, -0.25) is 9.80 Å². The molecule has 1 fully saturated rings. The number of nitrogens with zero attached hydrogens (tertiary/aromatic N) is 2. The maximum atomic E-state index is 13.5. The number of hydrogen-bond donors (Lipinski definition) is 1. The minimum absolute atomic E-state index is 0.296. The molecule has 0 bridgehead atoms. The minimum Gasteiger partial charge on any atom is -0.497 e. The van der Waals surface area contributed by atoms with Crippen LogP contribution in [0.3, 0.4) is 0 Å². The summed E-state index contributed by atoms with van der Waals surface area (Å²) in [4.78, 5) is 16.5. The summed E-state index contributed by atoms with van der Waals surface area (Å²) in [6.07, 6.45) is -1.07. The van der Waals surface area contributed by atoms with E-state index in [0.717, 1.165) is 14.5 Å². The van der Waals surface area contributed by atoms with E-state index in [-0.39, 0.29) is 6.03 Å². The molecule has 3 aromatic rings. The lowest BCUT2D eigenvalue weighted by Crippen LogP contribution is -2.34. The summed E-state index contributed by atoms with van der Waals surface area (Å²) in [5.74, 6) is 0.667. The van der Waals surface area contributed by atoms with Crippen molar-refractivity contribution in [3.05, 3.63) is 87.3 Å². The highest BCUT2D eigenvalue weighted by molar-refractivity contribution is 9.10. The van der Waals surface area contributed by atoms with Gasteiger partial charge in [0.05, 0.1) is 7.11 Å². The summed E-state index contributed by atoms with van der Waals surface area (Å²) in [6, 6.07) is 21.3. The molecule has 1 aliphatic heterocycles. The number of aliphatic hydroxyl groups is 1. The first-order chi connectivity index (χ1) is 14.0. The van der Waals surface area contributed by atoms with Gasteiger partial charge in [-0.2, -0.15) is 0 Å². The van der Waals surface area contributed by atoms with Crippen LogP contribution < -0.4 is 14.5 Å². The van der Waals surface area contributed by atoms with Gasteiger partial charge in [-0.05, 0) is 66.2 Å². The number of anilines is 2. The Morgan fingerprint density at radius 1 is 0.862 bits per heavy atom. The van der Waals surface area contributed by atoms with Crippen LogP contribution in [0, 0.1) is 0 Å². The quantitative estimate of drug-likeness (QED) is 0.481. The summed E-state index contributed by atoms with van der Waals surface area (Å²) in [5, 5.41) is 11.2. The lowest BCUT2D eigenvalue weighted by molar-refractivity contribution is 0.166. The molecule has 0 radical (unpaired) electrons. The molecule has 0 saturated carbocycles. The van der Waals surface area contributed by atoms with Crippen LogP contribution in [-0.4, -0.2) is 24.5 Å². The first-order valence-electron chi connectivity index (χ1n) is 8.95. The van der Waals surface area contributed by atoms with Crippen molar-refractivity contribution < 1.29 is 14.6 Å². The Balaban J connectivity index is 1.83. The Bertz CT molecular complexity index is 1020. The van der Waals surface area contributed by atoms with Gasteiger partial charge in [-0.1, -0.05) is 44.0 Å². The van der Waals surface area contributed by atoms with E-state index in [2.05, 4.69) is 31.9 Å². The Hall–Kier alpha value is -2.35. The van der Waals surface area contributed by atoms with Crippen LogP contribution in [0.2, 0.25) is 0 Å². The summed E-state index contributed by atoms with van der Waals surface area (Å²) >= 11 is 6.84. The number of aliphatic hydroxyl groups excluding tert-OH is 1. The molecular weight excluding hydrogens is 500 g/mol. The normalized spacial score (nSPS) is 19.0. The molecule has 0 spiro atoms. The van der Waals surface area contributed by atoms with Crippen molar-refractivity contribution in [2.75, 3.05) is 16.9 Å². The third-order valence-electron chi connectivity index (χ3n) is 4.88. The fourth-order valence-electron chi connectivity index (χ4n) is 3.51. The standard InChI is InChI=1S/C22H18Br2N2O3/c1-29-19-4-2-3-14(13-19)20-21(27)26(18-11-7-16(24)8-12-18)22(28)25(20)17-9-5-15(23)6-10-17/h2-13,20-21,27H,1H3/t20-,21?/m1/s1. The summed E-state index contributed by atoms with van der Waals surface area (Å²) in [7, 11) is 1.59. The van der Waals surface area contributed by atoms with E-state index in [4.69, 9.17) is 4.74 Å². The van der Waals surface area contributed by atoms with Gasteiger partial charge in [0.15, 0.2) is 6.23 Å². The number of rotatable bonds is 4. The van der Waals surface area contributed by atoms with Crippen LogP contribution in [0.5, 0.6) is 5.75 Å². The third-order valence-corrected chi connectivity index (χ3v) is 5.94. The molecule has 148 valence electrons. The summed E-state index contributed by atoms with van der Waals surface area (Å²) < 4.78 is 7.16. The number of hydrogen-bond acceptors (Lipinski definition) is 3. The molecule has 0 aliphatic carbocycles.